The van der Waals surface area contributed by atoms with Crippen LogP contribution >= 0.6 is 0 Å². The van der Waals surface area contributed by atoms with Gasteiger partial charge in [0.2, 0.25) is 5.91 Å². The van der Waals surface area contributed by atoms with E-state index in [0.29, 0.717) is 13.0 Å². The first-order valence-corrected chi connectivity index (χ1v) is 6.40. The zero-order valence-electron chi connectivity index (χ0n) is 11.7. The van der Waals surface area contributed by atoms with Gasteiger partial charge in [-0.1, -0.05) is 0 Å². The van der Waals surface area contributed by atoms with Gasteiger partial charge in [0.15, 0.2) is 0 Å². The van der Waals surface area contributed by atoms with Crippen molar-refractivity contribution in [2.45, 2.75) is 57.8 Å². The van der Waals surface area contributed by atoms with Gasteiger partial charge in [-0.15, -0.1) is 0 Å². The maximum Gasteiger partial charge on any atom is 0.407 e. The molecule has 2 atom stereocenters. The quantitative estimate of drug-likeness (QED) is 0.393. The van der Waals surface area contributed by atoms with E-state index in [1.807, 2.05) is 20.8 Å². The SMILES string of the molecule is CC(C)(C)OC(=O)NC1CC[C@@H](CC(=O)NN)OC1. The molecule has 1 unspecified atom stereocenters. The Balaban J connectivity index is 2.26. The van der Waals surface area contributed by atoms with Crippen molar-refractivity contribution in [3.8, 4) is 0 Å². The summed E-state index contributed by atoms with van der Waals surface area (Å²) >= 11 is 0. The molecule has 0 aromatic heterocycles. The molecule has 1 heterocycles. The molecule has 2 amide bonds. The van der Waals surface area contributed by atoms with Crippen LogP contribution in [0.15, 0.2) is 0 Å². The molecule has 7 nitrogen and oxygen atoms in total. The number of nitrogens with one attached hydrogen (secondary N) is 2. The molecule has 0 bridgehead atoms. The summed E-state index contributed by atoms with van der Waals surface area (Å²) in [7, 11) is 0. The van der Waals surface area contributed by atoms with E-state index in [1.165, 1.54) is 0 Å². The first kappa shape index (κ1) is 15.7. The molecule has 1 saturated heterocycles. The van der Waals surface area contributed by atoms with E-state index in [9.17, 15) is 9.59 Å². The number of nitrogens with two attached hydrogens (primary N) is 1. The van der Waals surface area contributed by atoms with Crippen LogP contribution in [-0.2, 0) is 14.3 Å². The van der Waals surface area contributed by atoms with Crippen LogP contribution in [0.2, 0.25) is 0 Å². The van der Waals surface area contributed by atoms with Crippen molar-refractivity contribution in [1.29, 1.82) is 0 Å². The Morgan fingerprint density at radius 1 is 1.37 bits per heavy atom. The zero-order chi connectivity index (χ0) is 14.5. The molecular weight excluding hydrogens is 250 g/mol. The Bertz CT molecular complexity index is 319. The maximum absolute atomic E-state index is 11.6. The number of carbonyl (C=O) groups excluding carboxylic acids is 2. The molecule has 4 N–H and O–H groups in total. The average Bonchev–Trinajstić information content (AvgIpc) is 2.29. The Morgan fingerprint density at radius 2 is 2.05 bits per heavy atom. The molecule has 0 spiro atoms. The second-order valence-electron chi connectivity index (χ2n) is 5.65. The minimum atomic E-state index is -0.513. The van der Waals surface area contributed by atoms with Gasteiger partial charge in [-0.2, -0.15) is 0 Å². The highest BCUT2D eigenvalue weighted by Crippen LogP contribution is 2.17. The van der Waals surface area contributed by atoms with Crippen LogP contribution in [0, 0.1) is 0 Å². The highest BCUT2D eigenvalue weighted by molar-refractivity contribution is 5.75. The van der Waals surface area contributed by atoms with Crippen LogP contribution in [0.4, 0.5) is 4.79 Å². The van der Waals surface area contributed by atoms with E-state index in [0.717, 1.165) is 6.42 Å². The van der Waals surface area contributed by atoms with Crippen LogP contribution in [0.1, 0.15) is 40.0 Å². The second kappa shape index (κ2) is 6.72. The summed E-state index contributed by atoms with van der Waals surface area (Å²) in [4.78, 5) is 22.7. The molecule has 1 aliphatic rings. The number of amides is 2. The molecule has 0 saturated carbocycles. The van der Waals surface area contributed by atoms with Crippen LogP contribution in [0.25, 0.3) is 0 Å². The van der Waals surface area contributed by atoms with Gasteiger partial charge in [-0.25, -0.2) is 10.6 Å². The van der Waals surface area contributed by atoms with Crippen molar-refractivity contribution >= 4 is 12.0 Å². The fourth-order valence-electron chi connectivity index (χ4n) is 1.82. The summed E-state index contributed by atoms with van der Waals surface area (Å²) in [6.07, 6.45) is 1.12. The van der Waals surface area contributed by atoms with Gasteiger partial charge in [0.05, 0.1) is 25.2 Å². The minimum absolute atomic E-state index is 0.0768. The van der Waals surface area contributed by atoms with Crippen molar-refractivity contribution in [3.05, 3.63) is 0 Å². The molecule has 1 rings (SSSR count). The molecule has 0 aromatic carbocycles. The van der Waals surface area contributed by atoms with Crippen LogP contribution in [0.3, 0.4) is 0 Å². The molecule has 1 aliphatic heterocycles. The van der Waals surface area contributed by atoms with Gasteiger partial charge in [-0.05, 0) is 33.6 Å². The lowest BCUT2D eigenvalue weighted by atomic mass is 10.0. The molecule has 1 fully saturated rings. The third-order valence-corrected chi connectivity index (χ3v) is 2.67. The number of hydrazine groups is 1. The van der Waals surface area contributed by atoms with E-state index in [-0.39, 0.29) is 24.5 Å². The second-order valence-corrected chi connectivity index (χ2v) is 5.65. The Labute approximate surface area is 113 Å². The number of hydrogen-bond acceptors (Lipinski definition) is 5. The fraction of sp³-hybridized carbons (Fsp3) is 0.833. The molecule has 0 aliphatic carbocycles. The Morgan fingerprint density at radius 3 is 2.53 bits per heavy atom. The van der Waals surface area contributed by atoms with Gasteiger partial charge in [0.1, 0.15) is 5.60 Å². The average molecular weight is 273 g/mol. The van der Waals surface area contributed by atoms with Crippen molar-refractivity contribution in [1.82, 2.24) is 10.7 Å². The first-order valence-electron chi connectivity index (χ1n) is 6.40. The first-order chi connectivity index (χ1) is 8.80. The Hall–Kier alpha value is -1.34. The monoisotopic (exact) mass is 273 g/mol. The highest BCUT2D eigenvalue weighted by Gasteiger charge is 2.26. The molecule has 19 heavy (non-hydrogen) atoms. The predicted molar refractivity (Wildman–Crippen MR) is 69.1 cm³/mol. The van der Waals surface area contributed by atoms with E-state index < -0.39 is 11.7 Å². The third-order valence-electron chi connectivity index (χ3n) is 2.67. The number of carbonyl (C=O) groups is 2. The normalized spacial score (nSPS) is 23.6. The van der Waals surface area contributed by atoms with E-state index in [4.69, 9.17) is 15.3 Å². The van der Waals surface area contributed by atoms with Crippen LogP contribution < -0.4 is 16.6 Å². The molecular formula is C12H23N3O4. The summed E-state index contributed by atoms with van der Waals surface area (Å²) in [5.74, 6) is 4.77. The van der Waals surface area contributed by atoms with E-state index in [2.05, 4.69) is 10.7 Å². The van der Waals surface area contributed by atoms with E-state index >= 15 is 0 Å². The molecule has 0 radical (unpaired) electrons. The largest absolute Gasteiger partial charge is 0.444 e. The summed E-state index contributed by atoms with van der Waals surface area (Å²) in [5, 5.41) is 2.75. The van der Waals surface area contributed by atoms with Crippen LogP contribution in [-0.4, -0.2) is 36.4 Å². The lowest BCUT2D eigenvalue weighted by molar-refractivity contribution is -0.125. The highest BCUT2D eigenvalue weighted by atomic mass is 16.6. The lowest BCUT2D eigenvalue weighted by Crippen LogP contribution is -2.45. The summed E-state index contributed by atoms with van der Waals surface area (Å²) in [5.41, 5.74) is 1.56. The van der Waals surface area contributed by atoms with Gasteiger partial charge >= 0.3 is 6.09 Å². The number of rotatable bonds is 3. The van der Waals surface area contributed by atoms with Crippen molar-refractivity contribution in [2.24, 2.45) is 5.84 Å². The maximum atomic E-state index is 11.6. The van der Waals surface area contributed by atoms with Crippen molar-refractivity contribution in [2.75, 3.05) is 6.61 Å². The summed E-state index contributed by atoms with van der Waals surface area (Å²) in [6, 6.07) is -0.0768. The fourth-order valence-corrected chi connectivity index (χ4v) is 1.82. The molecule has 110 valence electrons. The van der Waals surface area contributed by atoms with Crippen molar-refractivity contribution < 1.29 is 19.1 Å². The van der Waals surface area contributed by atoms with Gasteiger partial charge in [-0.3, -0.25) is 10.2 Å². The van der Waals surface area contributed by atoms with Crippen LogP contribution in [0.5, 0.6) is 0 Å². The predicted octanol–water partition coefficient (Wildman–Crippen LogP) is 0.439. The Kier molecular flexibility index (Phi) is 5.56. The molecule has 7 heteroatoms. The summed E-state index contributed by atoms with van der Waals surface area (Å²) < 4.78 is 10.7. The standard InChI is InChI=1S/C12H23N3O4/c1-12(2,3)19-11(17)14-8-4-5-9(18-7-8)6-10(16)15-13/h8-9H,4-7,13H2,1-3H3,(H,14,17)(H,15,16)/t8?,9-/m0/s1. The van der Waals surface area contributed by atoms with Gasteiger partial charge in [0.25, 0.3) is 0 Å². The van der Waals surface area contributed by atoms with E-state index in [1.54, 1.807) is 0 Å². The lowest BCUT2D eigenvalue weighted by Gasteiger charge is -2.30. The summed E-state index contributed by atoms with van der Waals surface area (Å²) in [6.45, 7) is 5.81. The topological polar surface area (TPSA) is 103 Å². The molecule has 0 aromatic rings. The minimum Gasteiger partial charge on any atom is -0.444 e. The third kappa shape index (κ3) is 6.40. The number of alkyl carbamates (subject to hydrolysis) is 1. The smallest absolute Gasteiger partial charge is 0.407 e. The number of ether oxygens (including phenoxy) is 2. The number of hydrogen-bond donors (Lipinski definition) is 3. The van der Waals surface area contributed by atoms with Gasteiger partial charge < -0.3 is 14.8 Å². The van der Waals surface area contributed by atoms with Gasteiger partial charge in [0, 0.05) is 0 Å². The van der Waals surface area contributed by atoms with Crippen molar-refractivity contribution in [3.63, 3.8) is 0 Å². The zero-order valence-corrected chi connectivity index (χ0v) is 11.7.